The van der Waals surface area contributed by atoms with Crippen LogP contribution in [0.3, 0.4) is 0 Å². The Morgan fingerprint density at radius 3 is 2.23 bits per heavy atom. The summed E-state index contributed by atoms with van der Waals surface area (Å²) in [7, 11) is 2.09. The summed E-state index contributed by atoms with van der Waals surface area (Å²) in [5.74, 6) is 0.692. The standard InChI is InChI=1S/C26H38N2O2/c1-18(2)21-8-10-22(11-9-21)26(30,25(5)16-28(6)17-25)23-13-20(14-27-15-23)7-12-24(29)19(3)4/h8-11,13-15,18-19,24,29-30H,7,12,16-17H2,1-6H3. The highest BCUT2D eigenvalue weighted by atomic mass is 16.3. The molecule has 1 aromatic carbocycles. The Morgan fingerprint density at radius 2 is 1.70 bits per heavy atom. The highest BCUT2D eigenvalue weighted by Gasteiger charge is 2.55. The molecule has 0 amide bonds. The highest BCUT2D eigenvalue weighted by molar-refractivity contribution is 5.41. The largest absolute Gasteiger partial charge is 0.393 e. The molecule has 4 nitrogen and oxygen atoms in total. The number of pyridine rings is 1. The first-order valence-electron chi connectivity index (χ1n) is 11.2. The average molecular weight is 411 g/mol. The fourth-order valence-electron chi connectivity index (χ4n) is 4.82. The number of aryl methyl sites for hydroxylation is 1. The van der Waals surface area contributed by atoms with E-state index in [0.29, 0.717) is 12.3 Å². The van der Waals surface area contributed by atoms with Crippen molar-refractivity contribution in [3.63, 3.8) is 0 Å². The molecule has 0 radical (unpaired) electrons. The van der Waals surface area contributed by atoms with Gasteiger partial charge in [-0.1, -0.05) is 58.9 Å². The van der Waals surface area contributed by atoms with E-state index >= 15 is 0 Å². The zero-order chi connectivity index (χ0) is 22.1. The summed E-state index contributed by atoms with van der Waals surface area (Å²) in [6, 6.07) is 10.5. The molecule has 2 aromatic rings. The number of benzene rings is 1. The predicted octanol–water partition coefficient (Wildman–Crippen LogP) is 4.34. The van der Waals surface area contributed by atoms with Crippen LogP contribution < -0.4 is 0 Å². The second-order valence-electron chi connectivity index (χ2n) is 10.2. The molecule has 3 rings (SSSR count). The number of hydrogen-bond acceptors (Lipinski definition) is 4. The average Bonchev–Trinajstić information content (AvgIpc) is 2.70. The number of nitrogens with zero attached hydrogens (tertiary/aromatic N) is 2. The molecule has 2 unspecified atom stereocenters. The molecule has 0 saturated carbocycles. The summed E-state index contributed by atoms with van der Waals surface area (Å²) in [5, 5.41) is 22.5. The lowest BCUT2D eigenvalue weighted by Gasteiger charge is -2.56. The molecule has 164 valence electrons. The smallest absolute Gasteiger partial charge is 0.124 e. The molecule has 1 aliphatic rings. The molecule has 1 fully saturated rings. The summed E-state index contributed by atoms with van der Waals surface area (Å²) >= 11 is 0. The van der Waals surface area contributed by atoms with Crippen LogP contribution >= 0.6 is 0 Å². The highest BCUT2D eigenvalue weighted by Crippen LogP contribution is 2.50. The maximum atomic E-state index is 12.3. The number of aromatic nitrogens is 1. The Kier molecular flexibility index (Phi) is 6.71. The van der Waals surface area contributed by atoms with Crippen LogP contribution in [0, 0.1) is 11.3 Å². The second kappa shape index (κ2) is 8.78. The summed E-state index contributed by atoms with van der Waals surface area (Å²) in [4.78, 5) is 6.72. The number of aliphatic hydroxyl groups is 2. The molecule has 0 aliphatic carbocycles. The van der Waals surface area contributed by atoms with E-state index in [1.165, 1.54) is 5.56 Å². The van der Waals surface area contributed by atoms with Gasteiger partial charge in [-0.15, -0.1) is 0 Å². The van der Waals surface area contributed by atoms with Gasteiger partial charge in [-0.25, -0.2) is 0 Å². The van der Waals surface area contributed by atoms with Gasteiger partial charge in [0.05, 0.1) is 6.10 Å². The second-order valence-corrected chi connectivity index (χ2v) is 10.2. The van der Waals surface area contributed by atoms with Crippen LogP contribution in [0.2, 0.25) is 0 Å². The van der Waals surface area contributed by atoms with Crippen LogP contribution in [0.5, 0.6) is 0 Å². The zero-order valence-corrected chi connectivity index (χ0v) is 19.4. The molecule has 2 N–H and O–H groups in total. The zero-order valence-electron chi connectivity index (χ0n) is 19.4. The maximum absolute atomic E-state index is 12.3. The number of rotatable bonds is 8. The van der Waals surface area contributed by atoms with Crippen molar-refractivity contribution in [3.8, 4) is 0 Å². The lowest BCUT2D eigenvalue weighted by atomic mass is 9.62. The van der Waals surface area contributed by atoms with Crippen LogP contribution in [0.1, 0.15) is 69.2 Å². The van der Waals surface area contributed by atoms with E-state index in [4.69, 9.17) is 0 Å². The van der Waals surface area contributed by atoms with Gasteiger partial charge in [0.25, 0.3) is 0 Å². The third-order valence-corrected chi connectivity index (χ3v) is 6.82. The van der Waals surface area contributed by atoms with E-state index < -0.39 is 5.60 Å². The first-order valence-corrected chi connectivity index (χ1v) is 11.2. The summed E-state index contributed by atoms with van der Waals surface area (Å²) in [5.41, 5.74) is 2.68. The van der Waals surface area contributed by atoms with Crippen molar-refractivity contribution in [2.75, 3.05) is 20.1 Å². The van der Waals surface area contributed by atoms with Crippen molar-refractivity contribution in [2.45, 2.75) is 65.1 Å². The first kappa shape index (κ1) is 22.9. The van der Waals surface area contributed by atoms with Gasteiger partial charge < -0.3 is 15.1 Å². The van der Waals surface area contributed by atoms with E-state index in [9.17, 15) is 10.2 Å². The van der Waals surface area contributed by atoms with Crippen LogP contribution in [0.15, 0.2) is 42.7 Å². The molecular weight excluding hydrogens is 372 g/mol. The third-order valence-electron chi connectivity index (χ3n) is 6.82. The molecule has 4 heteroatoms. The van der Waals surface area contributed by atoms with E-state index in [0.717, 1.165) is 36.2 Å². The molecule has 2 atom stereocenters. The SMILES string of the molecule is CC(C)c1ccc(C(O)(c2cncc(CCC(O)C(C)C)c2)C2(C)CN(C)C2)cc1. The summed E-state index contributed by atoms with van der Waals surface area (Å²) < 4.78 is 0. The monoisotopic (exact) mass is 410 g/mol. The lowest BCUT2D eigenvalue weighted by Crippen LogP contribution is -2.63. The van der Waals surface area contributed by atoms with E-state index in [1.807, 2.05) is 26.2 Å². The van der Waals surface area contributed by atoms with Crippen molar-refractivity contribution in [1.82, 2.24) is 9.88 Å². The number of hydrogen-bond donors (Lipinski definition) is 2. The fraction of sp³-hybridized carbons (Fsp3) is 0.577. The quantitative estimate of drug-likeness (QED) is 0.680. The molecule has 0 bridgehead atoms. The minimum Gasteiger partial charge on any atom is -0.393 e. The van der Waals surface area contributed by atoms with Crippen LogP contribution in [0.4, 0.5) is 0 Å². The normalized spacial score (nSPS) is 19.5. The third kappa shape index (κ3) is 4.32. The van der Waals surface area contributed by atoms with Crippen molar-refractivity contribution in [3.05, 3.63) is 65.0 Å². The van der Waals surface area contributed by atoms with E-state index in [1.54, 1.807) is 0 Å². The molecule has 1 aliphatic heterocycles. The van der Waals surface area contributed by atoms with Crippen molar-refractivity contribution < 1.29 is 10.2 Å². The van der Waals surface area contributed by atoms with Crippen molar-refractivity contribution >= 4 is 0 Å². The lowest BCUT2D eigenvalue weighted by molar-refractivity contribution is -0.127. The molecular formula is C26H38N2O2. The molecule has 0 spiro atoms. The van der Waals surface area contributed by atoms with Gasteiger partial charge in [0.2, 0.25) is 0 Å². The molecule has 1 aromatic heterocycles. The van der Waals surface area contributed by atoms with Crippen LogP contribution in [-0.2, 0) is 12.0 Å². The van der Waals surface area contributed by atoms with Gasteiger partial charge in [-0.05, 0) is 54.5 Å². The van der Waals surface area contributed by atoms with Gasteiger partial charge >= 0.3 is 0 Å². The Bertz CT molecular complexity index is 840. The Hall–Kier alpha value is -1.75. The first-order chi connectivity index (χ1) is 14.1. The van der Waals surface area contributed by atoms with Gasteiger partial charge in [-0.2, -0.15) is 0 Å². The van der Waals surface area contributed by atoms with Crippen LogP contribution in [-0.4, -0.2) is 46.3 Å². The van der Waals surface area contributed by atoms with Gasteiger partial charge in [0.1, 0.15) is 5.60 Å². The molecule has 30 heavy (non-hydrogen) atoms. The van der Waals surface area contributed by atoms with Gasteiger partial charge in [0.15, 0.2) is 0 Å². The molecule has 2 heterocycles. The number of likely N-dealkylation sites (tertiary alicyclic amines) is 1. The van der Waals surface area contributed by atoms with E-state index in [2.05, 4.69) is 68.0 Å². The maximum Gasteiger partial charge on any atom is 0.124 e. The summed E-state index contributed by atoms with van der Waals surface area (Å²) in [6.45, 7) is 12.3. The van der Waals surface area contributed by atoms with Crippen molar-refractivity contribution in [1.29, 1.82) is 0 Å². The Labute approximate surface area is 182 Å². The number of aliphatic hydroxyl groups excluding tert-OH is 1. The fourth-order valence-corrected chi connectivity index (χ4v) is 4.82. The summed E-state index contributed by atoms with van der Waals surface area (Å²) in [6.07, 6.45) is 4.79. The van der Waals surface area contributed by atoms with Gasteiger partial charge in [-0.3, -0.25) is 4.98 Å². The Balaban J connectivity index is 1.98. The minimum absolute atomic E-state index is 0.238. The van der Waals surface area contributed by atoms with E-state index in [-0.39, 0.29) is 17.4 Å². The van der Waals surface area contributed by atoms with Gasteiger partial charge in [0, 0.05) is 36.5 Å². The molecule has 1 saturated heterocycles. The van der Waals surface area contributed by atoms with Crippen molar-refractivity contribution in [2.24, 2.45) is 11.3 Å². The topological polar surface area (TPSA) is 56.6 Å². The predicted molar refractivity (Wildman–Crippen MR) is 123 cm³/mol. The minimum atomic E-state index is -1.12. The van der Waals surface area contributed by atoms with Crippen LogP contribution in [0.25, 0.3) is 0 Å². The Morgan fingerprint density at radius 1 is 1.07 bits per heavy atom.